The molecule has 1 atom stereocenters. The molecule has 0 saturated carbocycles. The summed E-state index contributed by atoms with van der Waals surface area (Å²) in [5.74, 6) is 0. The van der Waals surface area contributed by atoms with Gasteiger partial charge in [0.15, 0.2) is 0 Å². The van der Waals surface area contributed by atoms with Gasteiger partial charge in [0.05, 0.1) is 29.8 Å². The second kappa shape index (κ2) is 5.66. The number of nitrogens with zero attached hydrogens (tertiary/aromatic N) is 3. The molecule has 3 rings (SSSR count). The van der Waals surface area contributed by atoms with Crippen molar-refractivity contribution in [2.24, 2.45) is 7.05 Å². The summed E-state index contributed by atoms with van der Waals surface area (Å²) >= 11 is 0. The number of imidazole rings is 1. The minimum Gasteiger partial charge on any atom is -0.336 e. The predicted octanol–water partition coefficient (Wildman–Crippen LogP) is 2.98. The van der Waals surface area contributed by atoms with Gasteiger partial charge >= 0.3 is 0 Å². The molecule has 0 aliphatic rings. The number of pyridine rings is 1. The largest absolute Gasteiger partial charge is 0.336 e. The van der Waals surface area contributed by atoms with Crippen molar-refractivity contribution in [1.29, 1.82) is 0 Å². The van der Waals surface area contributed by atoms with Crippen molar-refractivity contribution in [3.8, 4) is 0 Å². The molecule has 1 N–H and O–H groups in total. The van der Waals surface area contributed by atoms with Crippen LogP contribution in [-0.4, -0.2) is 21.1 Å². The quantitative estimate of drug-likeness (QED) is 0.799. The number of aromatic nitrogens is 3. The van der Waals surface area contributed by atoms with E-state index in [4.69, 9.17) is 0 Å². The maximum absolute atomic E-state index is 4.56. The average Bonchev–Trinajstić information content (AvgIpc) is 2.90. The van der Waals surface area contributed by atoms with E-state index in [9.17, 15) is 0 Å². The van der Waals surface area contributed by atoms with Crippen LogP contribution in [-0.2, 0) is 7.05 Å². The van der Waals surface area contributed by atoms with Crippen molar-refractivity contribution >= 4 is 10.9 Å². The van der Waals surface area contributed by atoms with Crippen molar-refractivity contribution in [1.82, 2.24) is 19.9 Å². The van der Waals surface area contributed by atoms with Crippen molar-refractivity contribution < 1.29 is 0 Å². The fourth-order valence-electron chi connectivity index (χ4n) is 2.67. The minimum atomic E-state index is 0.146. The molecule has 2 aromatic heterocycles. The molecule has 0 aliphatic carbocycles. The number of aryl methyl sites for hydroxylation is 2. The van der Waals surface area contributed by atoms with Gasteiger partial charge in [-0.05, 0) is 37.2 Å². The van der Waals surface area contributed by atoms with E-state index in [1.165, 1.54) is 10.9 Å². The summed E-state index contributed by atoms with van der Waals surface area (Å²) in [5.41, 5.74) is 4.49. The Morgan fingerprint density at radius 3 is 2.81 bits per heavy atom. The monoisotopic (exact) mass is 280 g/mol. The Morgan fingerprint density at radius 1 is 1.24 bits per heavy atom. The van der Waals surface area contributed by atoms with Crippen molar-refractivity contribution in [3.63, 3.8) is 0 Å². The number of nitrogens with one attached hydrogen (secondary N) is 1. The maximum Gasteiger partial charge on any atom is 0.0946 e. The van der Waals surface area contributed by atoms with Crippen LogP contribution in [0.25, 0.3) is 10.9 Å². The molecule has 4 heteroatoms. The first-order valence-electron chi connectivity index (χ1n) is 7.26. The lowest BCUT2D eigenvalue weighted by atomic mass is 10.0. The second-order valence-electron chi connectivity index (χ2n) is 5.32. The average molecular weight is 280 g/mol. The summed E-state index contributed by atoms with van der Waals surface area (Å²) in [6.07, 6.45) is 3.76. The lowest BCUT2D eigenvalue weighted by molar-refractivity contribution is 0.594. The zero-order valence-electron chi connectivity index (χ0n) is 12.7. The smallest absolute Gasteiger partial charge is 0.0946 e. The summed E-state index contributed by atoms with van der Waals surface area (Å²) in [6.45, 7) is 5.04. The Hall–Kier alpha value is -2.20. The van der Waals surface area contributed by atoms with Gasteiger partial charge in [0, 0.05) is 18.1 Å². The molecule has 0 amide bonds. The van der Waals surface area contributed by atoms with Crippen LogP contribution in [0.2, 0.25) is 0 Å². The van der Waals surface area contributed by atoms with E-state index < -0.39 is 0 Å². The minimum absolute atomic E-state index is 0.146. The van der Waals surface area contributed by atoms with Crippen LogP contribution in [0.4, 0.5) is 0 Å². The number of hydrogen-bond donors (Lipinski definition) is 1. The van der Waals surface area contributed by atoms with E-state index in [1.54, 1.807) is 0 Å². The summed E-state index contributed by atoms with van der Waals surface area (Å²) < 4.78 is 2.06. The highest BCUT2D eigenvalue weighted by Crippen LogP contribution is 2.24. The third-order valence-corrected chi connectivity index (χ3v) is 3.74. The topological polar surface area (TPSA) is 42.7 Å². The molecule has 0 spiro atoms. The first-order chi connectivity index (χ1) is 10.2. The van der Waals surface area contributed by atoms with E-state index in [2.05, 4.69) is 57.1 Å². The van der Waals surface area contributed by atoms with E-state index in [0.29, 0.717) is 0 Å². The van der Waals surface area contributed by atoms with Crippen LogP contribution in [0.15, 0.2) is 42.9 Å². The Bertz CT molecular complexity index is 760. The van der Waals surface area contributed by atoms with Crippen molar-refractivity contribution in [2.75, 3.05) is 6.54 Å². The molecular formula is C17H20N4. The predicted molar refractivity (Wildman–Crippen MR) is 85.2 cm³/mol. The van der Waals surface area contributed by atoms with E-state index in [1.807, 2.05) is 26.5 Å². The zero-order chi connectivity index (χ0) is 14.8. The molecule has 0 fully saturated rings. The lowest BCUT2D eigenvalue weighted by Crippen LogP contribution is -2.23. The van der Waals surface area contributed by atoms with E-state index in [-0.39, 0.29) is 6.04 Å². The zero-order valence-corrected chi connectivity index (χ0v) is 12.7. The lowest BCUT2D eigenvalue weighted by Gasteiger charge is -2.19. The fourth-order valence-corrected chi connectivity index (χ4v) is 2.67. The van der Waals surface area contributed by atoms with Gasteiger partial charge in [-0.1, -0.05) is 19.1 Å². The molecule has 1 unspecified atom stereocenters. The van der Waals surface area contributed by atoms with Gasteiger partial charge in [0.25, 0.3) is 0 Å². The van der Waals surface area contributed by atoms with Crippen LogP contribution in [0, 0.1) is 6.92 Å². The Balaban J connectivity index is 2.07. The van der Waals surface area contributed by atoms with Gasteiger partial charge in [0.2, 0.25) is 0 Å². The maximum atomic E-state index is 4.56. The van der Waals surface area contributed by atoms with Crippen molar-refractivity contribution in [3.05, 3.63) is 59.8 Å². The third-order valence-electron chi connectivity index (χ3n) is 3.74. The molecule has 1 aromatic carbocycles. The molecule has 2 heterocycles. The van der Waals surface area contributed by atoms with Gasteiger partial charge in [-0.2, -0.15) is 0 Å². The van der Waals surface area contributed by atoms with Crippen LogP contribution in [0.3, 0.4) is 0 Å². The van der Waals surface area contributed by atoms with Crippen LogP contribution in [0.1, 0.15) is 29.9 Å². The van der Waals surface area contributed by atoms with Crippen LogP contribution < -0.4 is 5.32 Å². The molecule has 108 valence electrons. The van der Waals surface area contributed by atoms with Crippen LogP contribution in [0.5, 0.6) is 0 Å². The summed E-state index contributed by atoms with van der Waals surface area (Å²) in [7, 11) is 2.03. The SMILES string of the molecule is CCNC(c1ccc2nc(C)ccc2c1)c1cncn1C. The Morgan fingerprint density at radius 2 is 2.10 bits per heavy atom. The third kappa shape index (κ3) is 2.67. The van der Waals surface area contributed by atoms with E-state index >= 15 is 0 Å². The number of rotatable bonds is 4. The number of hydrogen-bond acceptors (Lipinski definition) is 3. The van der Waals surface area contributed by atoms with E-state index in [0.717, 1.165) is 23.4 Å². The summed E-state index contributed by atoms with van der Waals surface area (Å²) in [4.78, 5) is 8.80. The standard InChI is InChI=1S/C17H20N4/c1-4-19-17(16-10-18-11-21(16)3)14-7-8-15-13(9-14)6-5-12(2)20-15/h5-11,17,19H,4H2,1-3H3. The highest BCUT2D eigenvalue weighted by molar-refractivity contribution is 5.79. The molecule has 4 nitrogen and oxygen atoms in total. The molecule has 0 radical (unpaired) electrons. The highest BCUT2D eigenvalue weighted by atomic mass is 15.1. The summed E-state index contributed by atoms with van der Waals surface area (Å²) in [5, 5.41) is 4.71. The molecular weight excluding hydrogens is 260 g/mol. The second-order valence-corrected chi connectivity index (χ2v) is 5.32. The van der Waals surface area contributed by atoms with Gasteiger partial charge < -0.3 is 9.88 Å². The number of benzene rings is 1. The molecule has 0 bridgehead atoms. The fraction of sp³-hybridized carbons (Fsp3) is 0.294. The van der Waals surface area contributed by atoms with Crippen LogP contribution >= 0.6 is 0 Å². The first kappa shape index (κ1) is 13.8. The van der Waals surface area contributed by atoms with Gasteiger partial charge in [0.1, 0.15) is 0 Å². The highest BCUT2D eigenvalue weighted by Gasteiger charge is 2.16. The summed E-state index contributed by atoms with van der Waals surface area (Å²) in [6, 6.07) is 10.8. The normalized spacial score (nSPS) is 12.7. The van der Waals surface area contributed by atoms with Gasteiger partial charge in [-0.15, -0.1) is 0 Å². The number of fused-ring (bicyclic) bond motifs is 1. The molecule has 0 aliphatic heterocycles. The van der Waals surface area contributed by atoms with Gasteiger partial charge in [-0.3, -0.25) is 4.98 Å². The van der Waals surface area contributed by atoms with Gasteiger partial charge in [-0.25, -0.2) is 4.98 Å². The Labute approximate surface area is 124 Å². The molecule has 3 aromatic rings. The molecule has 0 saturated heterocycles. The Kier molecular flexibility index (Phi) is 3.71. The van der Waals surface area contributed by atoms with Crippen molar-refractivity contribution in [2.45, 2.75) is 19.9 Å². The molecule has 21 heavy (non-hydrogen) atoms. The first-order valence-corrected chi connectivity index (χ1v) is 7.26.